The molecule has 1 aliphatic rings. The van der Waals surface area contributed by atoms with Crippen LogP contribution in [0.5, 0.6) is 0 Å². The summed E-state index contributed by atoms with van der Waals surface area (Å²) in [5.41, 5.74) is 0.616. The third kappa shape index (κ3) is 2.92. The van der Waals surface area contributed by atoms with E-state index >= 15 is 0 Å². The van der Waals surface area contributed by atoms with Gasteiger partial charge in [-0.15, -0.1) is 0 Å². The van der Waals surface area contributed by atoms with E-state index in [1.165, 1.54) is 0 Å². The fraction of sp³-hybridized carbons (Fsp3) is 0.455. The zero-order valence-corrected chi connectivity index (χ0v) is 8.94. The highest BCUT2D eigenvalue weighted by Gasteiger charge is 2.12. The highest BCUT2D eigenvalue weighted by atomic mass is 16.5. The summed E-state index contributed by atoms with van der Waals surface area (Å²) < 4.78 is 5.34. The van der Waals surface area contributed by atoms with Crippen LogP contribution in [-0.2, 0) is 4.74 Å². The van der Waals surface area contributed by atoms with Gasteiger partial charge in [-0.05, 0) is 12.1 Å². The summed E-state index contributed by atoms with van der Waals surface area (Å²) in [5.74, 6) is 0.728. The van der Waals surface area contributed by atoms with Crippen LogP contribution in [-0.4, -0.2) is 37.3 Å². The Morgan fingerprint density at radius 2 is 2.62 bits per heavy atom. The van der Waals surface area contributed by atoms with Gasteiger partial charge in [0, 0.05) is 25.3 Å². The van der Waals surface area contributed by atoms with Crippen molar-refractivity contribution in [1.29, 1.82) is 5.26 Å². The molecule has 84 valence electrons. The summed E-state index contributed by atoms with van der Waals surface area (Å²) >= 11 is 0. The van der Waals surface area contributed by atoms with Crippen molar-refractivity contribution in [3.05, 3.63) is 23.9 Å². The van der Waals surface area contributed by atoms with Gasteiger partial charge in [-0.25, -0.2) is 4.98 Å². The van der Waals surface area contributed by atoms with E-state index in [4.69, 9.17) is 10.00 Å². The molecular formula is C11H14N4O. The van der Waals surface area contributed by atoms with Crippen molar-refractivity contribution in [2.24, 2.45) is 0 Å². The molecule has 1 aromatic heterocycles. The van der Waals surface area contributed by atoms with Crippen LogP contribution in [0.3, 0.4) is 0 Å². The smallest absolute Gasteiger partial charge is 0.127 e. The number of anilines is 1. The fourth-order valence-electron chi connectivity index (χ4n) is 1.58. The molecule has 1 fully saturated rings. The lowest BCUT2D eigenvalue weighted by Crippen LogP contribution is -2.45. The molecule has 1 saturated heterocycles. The Kier molecular flexibility index (Phi) is 3.70. The average Bonchev–Trinajstić information content (AvgIpc) is 2.38. The zero-order valence-electron chi connectivity index (χ0n) is 8.94. The molecule has 2 heterocycles. The minimum Gasteiger partial charge on any atom is -0.378 e. The standard InChI is InChI=1S/C11H14N4O/c12-6-9-1-2-14-11(5-9)15-7-10-8-16-4-3-13-10/h1-2,5,10,13H,3-4,7-8H2,(H,14,15). The summed E-state index contributed by atoms with van der Waals surface area (Å²) in [4.78, 5) is 4.14. The van der Waals surface area contributed by atoms with E-state index in [9.17, 15) is 0 Å². The SMILES string of the molecule is N#Cc1ccnc(NCC2COCCN2)c1. The van der Waals surface area contributed by atoms with Crippen LogP contribution in [0, 0.1) is 11.3 Å². The van der Waals surface area contributed by atoms with Gasteiger partial charge in [0.2, 0.25) is 0 Å². The summed E-state index contributed by atoms with van der Waals surface area (Å²) in [6.07, 6.45) is 1.63. The van der Waals surface area contributed by atoms with E-state index in [-0.39, 0.29) is 0 Å². The first-order valence-electron chi connectivity index (χ1n) is 5.29. The molecule has 1 aromatic rings. The predicted octanol–water partition coefficient (Wildman–Crippen LogP) is 0.354. The van der Waals surface area contributed by atoms with Gasteiger partial charge in [-0.3, -0.25) is 0 Å². The minimum absolute atomic E-state index is 0.307. The van der Waals surface area contributed by atoms with E-state index in [0.29, 0.717) is 18.2 Å². The number of nitrogens with zero attached hydrogens (tertiary/aromatic N) is 2. The number of pyridine rings is 1. The molecule has 0 saturated carbocycles. The molecular weight excluding hydrogens is 204 g/mol. The van der Waals surface area contributed by atoms with E-state index in [0.717, 1.165) is 25.5 Å². The Morgan fingerprint density at radius 3 is 3.38 bits per heavy atom. The maximum absolute atomic E-state index is 8.74. The summed E-state index contributed by atoms with van der Waals surface area (Å²) in [7, 11) is 0. The Morgan fingerprint density at radius 1 is 1.69 bits per heavy atom. The van der Waals surface area contributed by atoms with Crippen molar-refractivity contribution < 1.29 is 4.74 Å². The van der Waals surface area contributed by atoms with E-state index < -0.39 is 0 Å². The number of hydrogen-bond donors (Lipinski definition) is 2. The molecule has 1 atom stereocenters. The van der Waals surface area contributed by atoms with Crippen molar-refractivity contribution in [1.82, 2.24) is 10.3 Å². The molecule has 0 amide bonds. The fourth-order valence-corrected chi connectivity index (χ4v) is 1.58. The van der Waals surface area contributed by atoms with Crippen molar-refractivity contribution in [3.8, 4) is 6.07 Å². The molecule has 16 heavy (non-hydrogen) atoms. The number of hydrogen-bond acceptors (Lipinski definition) is 5. The van der Waals surface area contributed by atoms with Crippen molar-refractivity contribution >= 4 is 5.82 Å². The lowest BCUT2D eigenvalue weighted by Gasteiger charge is -2.24. The van der Waals surface area contributed by atoms with Gasteiger partial charge in [0.1, 0.15) is 5.82 Å². The van der Waals surface area contributed by atoms with Crippen LogP contribution >= 0.6 is 0 Å². The van der Waals surface area contributed by atoms with Crippen molar-refractivity contribution in [3.63, 3.8) is 0 Å². The molecule has 2 rings (SSSR count). The van der Waals surface area contributed by atoms with Crippen LogP contribution < -0.4 is 10.6 Å². The lowest BCUT2D eigenvalue weighted by molar-refractivity contribution is 0.0806. The summed E-state index contributed by atoms with van der Waals surface area (Å²) in [5, 5.41) is 15.3. The number of morpholine rings is 1. The van der Waals surface area contributed by atoms with Crippen LogP contribution in [0.4, 0.5) is 5.82 Å². The lowest BCUT2D eigenvalue weighted by atomic mass is 10.2. The average molecular weight is 218 g/mol. The first kappa shape index (κ1) is 10.9. The third-order valence-corrected chi connectivity index (χ3v) is 2.42. The number of nitrogens with one attached hydrogen (secondary N) is 2. The number of rotatable bonds is 3. The van der Waals surface area contributed by atoms with Crippen LogP contribution in [0.1, 0.15) is 5.56 Å². The van der Waals surface area contributed by atoms with Crippen LogP contribution in [0.25, 0.3) is 0 Å². The van der Waals surface area contributed by atoms with Crippen LogP contribution in [0.2, 0.25) is 0 Å². The predicted molar refractivity (Wildman–Crippen MR) is 60.1 cm³/mol. The maximum Gasteiger partial charge on any atom is 0.127 e. The molecule has 5 nitrogen and oxygen atoms in total. The summed E-state index contributed by atoms with van der Waals surface area (Å²) in [6.45, 7) is 3.13. The second-order valence-corrected chi connectivity index (χ2v) is 3.65. The first-order valence-corrected chi connectivity index (χ1v) is 5.29. The highest BCUT2D eigenvalue weighted by molar-refractivity contribution is 5.42. The second kappa shape index (κ2) is 5.45. The Bertz CT molecular complexity index is 382. The maximum atomic E-state index is 8.74. The Labute approximate surface area is 94.4 Å². The largest absolute Gasteiger partial charge is 0.378 e. The molecule has 0 radical (unpaired) electrons. The van der Waals surface area contributed by atoms with Gasteiger partial charge in [0.05, 0.1) is 24.8 Å². The number of nitriles is 1. The molecule has 1 aliphatic heterocycles. The zero-order chi connectivity index (χ0) is 11.2. The van der Waals surface area contributed by atoms with Crippen molar-refractivity contribution in [2.45, 2.75) is 6.04 Å². The molecule has 0 aliphatic carbocycles. The minimum atomic E-state index is 0.307. The van der Waals surface area contributed by atoms with Crippen molar-refractivity contribution in [2.75, 3.05) is 31.6 Å². The third-order valence-electron chi connectivity index (χ3n) is 2.42. The van der Waals surface area contributed by atoms with Gasteiger partial charge in [0.25, 0.3) is 0 Å². The molecule has 5 heteroatoms. The normalized spacial score (nSPS) is 20.1. The van der Waals surface area contributed by atoms with E-state index in [1.54, 1.807) is 18.3 Å². The van der Waals surface area contributed by atoms with E-state index in [1.807, 2.05) is 0 Å². The van der Waals surface area contributed by atoms with Gasteiger partial charge in [-0.1, -0.05) is 0 Å². The molecule has 2 N–H and O–H groups in total. The van der Waals surface area contributed by atoms with Gasteiger partial charge < -0.3 is 15.4 Å². The van der Waals surface area contributed by atoms with Gasteiger partial charge >= 0.3 is 0 Å². The topological polar surface area (TPSA) is 70.0 Å². The highest BCUT2D eigenvalue weighted by Crippen LogP contribution is 2.05. The Hall–Kier alpha value is -1.64. The number of aromatic nitrogens is 1. The van der Waals surface area contributed by atoms with Crippen LogP contribution in [0.15, 0.2) is 18.3 Å². The summed E-state index contributed by atoms with van der Waals surface area (Å²) in [6, 6.07) is 5.82. The quantitative estimate of drug-likeness (QED) is 0.766. The first-order chi connectivity index (χ1) is 7.88. The molecule has 0 aromatic carbocycles. The molecule has 0 spiro atoms. The van der Waals surface area contributed by atoms with Gasteiger partial charge in [0.15, 0.2) is 0 Å². The Balaban J connectivity index is 1.86. The monoisotopic (exact) mass is 218 g/mol. The van der Waals surface area contributed by atoms with Gasteiger partial charge in [-0.2, -0.15) is 5.26 Å². The van der Waals surface area contributed by atoms with E-state index in [2.05, 4.69) is 21.7 Å². The molecule has 1 unspecified atom stereocenters. The number of ether oxygens (including phenoxy) is 1. The second-order valence-electron chi connectivity index (χ2n) is 3.65. The molecule has 0 bridgehead atoms.